The van der Waals surface area contributed by atoms with Gasteiger partial charge in [-0.05, 0) is 47.0 Å². The number of nitrogens with one attached hydrogen (secondary N) is 1. The molecule has 3 heterocycles. The minimum Gasteiger partial charge on any atom is -0.306 e. The van der Waals surface area contributed by atoms with Gasteiger partial charge >= 0.3 is 0 Å². The quantitative estimate of drug-likeness (QED) is 0.354. The summed E-state index contributed by atoms with van der Waals surface area (Å²) in [6.07, 6.45) is 0.601. The molecule has 1 spiro atoms. The summed E-state index contributed by atoms with van der Waals surface area (Å²) in [5.41, 5.74) is 1.63. The van der Waals surface area contributed by atoms with Gasteiger partial charge in [0.05, 0.1) is 24.1 Å². The number of hydrogen-bond donors (Lipinski definition) is 1. The van der Waals surface area contributed by atoms with Gasteiger partial charge in [-0.15, -0.1) is 0 Å². The minimum atomic E-state index is -1.33. The van der Waals surface area contributed by atoms with Gasteiger partial charge in [-0.1, -0.05) is 85.3 Å². The normalized spacial score (nSPS) is 25.7. The van der Waals surface area contributed by atoms with Crippen LogP contribution in [0.25, 0.3) is 10.8 Å². The number of amides is 3. The number of imide groups is 1. The number of halogens is 1. The lowest BCUT2D eigenvalue weighted by atomic mass is 9.76. The van der Waals surface area contributed by atoms with E-state index in [1.54, 1.807) is 29.2 Å². The summed E-state index contributed by atoms with van der Waals surface area (Å²) >= 11 is 6.22. The van der Waals surface area contributed by atoms with Gasteiger partial charge in [0.15, 0.2) is 0 Å². The van der Waals surface area contributed by atoms with Crippen LogP contribution in [0.15, 0.2) is 91.0 Å². The van der Waals surface area contributed by atoms with E-state index >= 15 is 0 Å². The third-order valence-corrected chi connectivity index (χ3v) is 8.82. The summed E-state index contributed by atoms with van der Waals surface area (Å²) in [5, 5.41) is 6.15. The average Bonchev–Trinajstić information content (AvgIpc) is 3.52. The summed E-state index contributed by atoms with van der Waals surface area (Å²) in [6, 6.07) is 28.3. The fourth-order valence-corrected chi connectivity index (χ4v) is 7.11. The summed E-state index contributed by atoms with van der Waals surface area (Å²) in [6.45, 7) is 2.34. The molecule has 3 amide bonds. The van der Waals surface area contributed by atoms with Crippen molar-refractivity contribution in [2.24, 2.45) is 11.8 Å². The highest BCUT2D eigenvalue weighted by Crippen LogP contribution is 2.55. The van der Waals surface area contributed by atoms with E-state index in [9.17, 15) is 14.4 Å². The summed E-state index contributed by atoms with van der Waals surface area (Å²) < 4.78 is 0. The number of carbonyl (C=O) groups excluding carboxylic acids is 3. The molecule has 39 heavy (non-hydrogen) atoms. The first-order chi connectivity index (χ1) is 19.0. The molecule has 2 fully saturated rings. The van der Waals surface area contributed by atoms with Crippen LogP contribution in [-0.2, 0) is 26.5 Å². The maximum atomic E-state index is 14.6. The van der Waals surface area contributed by atoms with Crippen LogP contribution in [0.2, 0.25) is 5.02 Å². The molecule has 3 aliphatic heterocycles. The molecule has 7 rings (SSSR count). The van der Waals surface area contributed by atoms with E-state index in [0.29, 0.717) is 23.7 Å². The molecule has 0 unspecified atom stereocenters. The second kappa shape index (κ2) is 8.76. The Morgan fingerprint density at radius 3 is 2.44 bits per heavy atom. The van der Waals surface area contributed by atoms with Gasteiger partial charge in [-0.25, -0.2) is 4.90 Å². The van der Waals surface area contributed by atoms with Crippen molar-refractivity contribution >= 4 is 51.5 Å². The molecule has 1 N–H and O–H groups in total. The second-order valence-corrected chi connectivity index (χ2v) is 10.9. The Hall–Kier alpha value is -4.00. The molecule has 4 aromatic carbocycles. The third kappa shape index (κ3) is 3.28. The number of rotatable bonds is 4. The van der Waals surface area contributed by atoms with Crippen LogP contribution in [0.3, 0.4) is 0 Å². The molecule has 0 aliphatic carbocycles. The predicted octanol–water partition coefficient (Wildman–Crippen LogP) is 5.42. The lowest BCUT2D eigenvalue weighted by Gasteiger charge is -2.30. The van der Waals surface area contributed by atoms with E-state index in [1.165, 1.54) is 4.90 Å². The van der Waals surface area contributed by atoms with Crippen molar-refractivity contribution in [2.45, 2.75) is 31.5 Å². The van der Waals surface area contributed by atoms with Crippen molar-refractivity contribution < 1.29 is 14.4 Å². The maximum absolute atomic E-state index is 14.6. The first-order valence-corrected chi connectivity index (χ1v) is 13.6. The Morgan fingerprint density at radius 1 is 0.872 bits per heavy atom. The zero-order valence-electron chi connectivity index (χ0n) is 21.3. The first-order valence-electron chi connectivity index (χ1n) is 13.2. The molecular formula is C32H26ClN3O3. The Kier molecular flexibility index (Phi) is 5.41. The second-order valence-electron chi connectivity index (χ2n) is 10.5. The molecule has 0 radical (unpaired) electrons. The van der Waals surface area contributed by atoms with Crippen LogP contribution < -0.4 is 15.1 Å². The van der Waals surface area contributed by atoms with E-state index in [2.05, 4.69) is 23.5 Å². The monoisotopic (exact) mass is 535 g/mol. The number of benzene rings is 4. The van der Waals surface area contributed by atoms with Crippen molar-refractivity contribution in [3.8, 4) is 0 Å². The number of para-hydroxylation sites is 1. The van der Waals surface area contributed by atoms with Crippen LogP contribution in [0.5, 0.6) is 0 Å². The molecule has 0 bridgehead atoms. The van der Waals surface area contributed by atoms with E-state index in [1.807, 2.05) is 55.5 Å². The Labute approximate surface area is 231 Å². The molecule has 6 nitrogen and oxygen atoms in total. The molecule has 0 saturated carbocycles. The molecular weight excluding hydrogens is 510 g/mol. The lowest BCUT2D eigenvalue weighted by Crippen LogP contribution is -2.55. The number of hydrogen-bond acceptors (Lipinski definition) is 4. The highest BCUT2D eigenvalue weighted by Gasteiger charge is 2.71. The average molecular weight is 536 g/mol. The first kappa shape index (κ1) is 24.1. The largest absolute Gasteiger partial charge is 0.306 e. The van der Waals surface area contributed by atoms with Crippen LogP contribution in [0.4, 0.5) is 11.4 Å². The zero-order chi connectivity index (χ0) is 26.9. The summed E-state index contributed by atoms with van der Waals surface area (Å²) in [4.78, 5) is 45.7. The number of anilines is 2. The molecule has 7 heteroatoms. The molecule has 0 aromatic heterocycles. The Bertz CT molecular complexity index is 1680. The van der Waals surface area contributed by atoms with Gasteiger partial charge in [-0.2, -0.15) is 0 Å². The van der Waals surface area contributed by atoms with Crippen molar-refractivity contribution in [1.29, 1.82) is 0 Å². The smallest absolute Gasteiger partial charge is 0.253 e. The molecule has 2 saturated heterocycles. The van der Waals surface area contributed by atoms with Crippen LogP contribution in [0, 0.1) is 11.8 Å². The topological polar surface area (TPSA) is 69.7 Å². The van der Waals surface area contributed by atoms with Crippen molar-refractivity contribution in [2.75, 3.05) is 9.80 Å². The van der Waals surface area contributed by atoms with Crippen LogP contribution in [0.1, 0.15) is 24.5 Å². The Balaban J connectivity index is 1.36. The van der Waals surface area contributed by atoms with Crippen molar-refractivity contribution in [3.63, 3.8) is 0 Å². The maximum Gasteiger partial charge on any atom is 0.253 e. The number of fused-ring (bicyclic) bond motifs is 5. The van der Waals surface area contributed by atoms with Crippen molar-refractivity contribution in [1.82, 2.24) is 5.32 Å². The van der Waals surface area contributed by atoms with Crippen LogP contribution >= 0.6 is 11.6 Å². The fourth-order valence-electron chi connectivity index (χ4n) is 6.93. The molecule has 3 aliphatic rings. The van der Waals surface area contributed by atoms with Crippen LogP contribution in [-0.4, -0.2) is 23.8 Å². The highest BCUT2D eigenvalue weighted by molar-refractivity contribution is 6.31. The predicted molar refractivity (Wildman–Crippen MR) is 151 cm³/mol. The standard InChI is InChI=1S/C32H26ClN3O3/c1-2-25-27-28(30(38)36(29(27)37)22-13-8-12-21(33)17-22)32(34-25)24-15-5-6-16-26(24)35(31(32)39)18-20-11-7-10-19-9-3-4-14-23(19)20/h3-17,25,27-28,34H,2,18H2,1H3/t25-,27-,28-,32-/m0/s1. The number of carbonyl (C=O) groups is 3. The number of nitrogens with zero attached hydrogens (tertiary/aromatic N) is 2. The van der Waals surface area contributed by atoms with E-state index in [-0.39, 0.29) is 23.8 Å². The molecule has 194 valence electrons. The van der Waals surface area contributed by atoms with E-state index < -0.39 is 17.4 Å². The van der Waals surface area contributed by atoms with E-state index in [4.69, 9.17) is 11.6 Å². The fraction of sp³-hybridized carbons (Fsp3) is 0.219. The SMILES string of the molecule is CC[C@@H]1N[C@]2(C(=O)N(Cc3cccc4ccccc34)c3ccccc32)[C@@H]2C(=O)N(c3cccc(Cl)c3)C(=O)[C@@H]12. The third-order valence-electron chi connectivity index (χ3n) is 8.58. The minimum absolute atomic E-state index is 0.198. The van der Waals surface area contributed by atoms with Gasteiger partial charge in [0.1, 0.15) is 5.54 Å². The molecule has 4 aromatic rings. The van der Waals surface area contributed by atoms with Gasteiger partial charge in [0, 0.05) is 22.3 Å². The lowest BCUT2D eigenvalue weighted by molar-refractivity contribution is -0.132. The Morgan fingerprint density at radius 2 is 1.62 bits per heavy atom. The zero-order valence-corrected chi connectivity index (χ0v) is 22.1. The summed E-state index contributed by atoms with van der Waals surface area (Å²) in [5.74, 6) is -2.38. The van der Waals surface area contributed by atoms with Gasteiger partial charge in [0.2, 0.25) is 11.8 Å². The van der Waals surface area contributed by atoms with E-state index in [0.717, 1.165) is 27.6 Å². The summed E-state index contributed by atoms with van der Waals surface area (Å²) in [7, 11) is 0. The van der Waals surface area contributed by atoms with Gasteiger partial charge < -0.3 is 4.90 Å². The van der Waals surface area contributed by atoms with Crippen molar-refractivity contribution in [3.05, 3.63) is 107 Å². The molecule has 4 atom stereocenters. The van der Waals surface area contributed by atoms with Gasteiger partial charge in [-0.3, -0.25) is 19.7 Å². The van der Waals surface area contributed by atoms with Gasteiger partial charge in [0.25, 0.3) is 5.91 Å². The highest BCUT2D eigenvalue weighted by atomic mass is 35.5.